The van der Waals surface area contributed by atoms with Crippen molar-refractivity contribution in [3.8, 4) is 5.75 Å². The summed E-state index contributed by atoms with van der Waals surface area (Å²) in [6.07, 6.45) is 0. The maximum absolute atomic E-state index is 13.7. The molecule has 0 aliphatic rings. The minimum absolute atomic E-state index is 0.713. The maximum Gasteiger partial charge on any atom is 0.319 e. The summed E-state index contributed by atoms with van der Waals surface area (Å²) in [5, 5.41) is 17.5. The van der Waals surface area contributed by atoms with Gasteiger partial charge in [0.05, 0.1) is 13.2 Å². The van der Waals surface area contributed by atoms with E-state index in [1.807, 2.05) is 0 Å². The number of aliphatic hydroxyl groups is 2. The second-order valence-corrected chi connectivity index (χ2v) is 4.92. The zero-order chi connectivity index (χ0) is 14.6. The molecule has 9 heteroatoms. The van der Waals surface area contributed by atoms with Crippen molar-refractivity contribution in [2.24, 2.45) is 5.92 Å². The lowest BCUT2D eigenvalue weighted by Gasteiger charge is -2.11. The number of ether oxygens (including phenoxy) is 1. The maximum atomic E-state index is 13.7. The van der Waals surface area contributed by atoms with E-state index < -0.39 is 51.7 Å². The van der Waals surface area contributed by atoms with Crippen LogP contribution in [0.4, 0.5) is 4.39 Å². The van der Waals surface area contributed by atoms with Crippen LogP contribution in [0.5, 0.6) is 5.75 Å². The molecule has 7 nitrogen and oxygen atoms in total. The van der Waals surface area contributed by atoms with E-state index in [-0.39, 0.29) is 0 Å². The van der Waals surface area contributed by atoms with Gasteiger partial charge in [-0.1, -0.05) is 6.07 Å². The van der Waals surface area contributed by atoms with Crippen LogP contribution < -0.4 is 4.74 Å². The number of hydrogen-bond donors (Lipinski definition) is 3. The van der Waals surface area contributed by atoms with Gasteiger partial charge in [-0.15, -0.1) is 0 Å². The summed E-state index contributed by atoms with van der Waals surface area (Å²) in [6.45, 7) is -1.43. The molecule has 1 aromatic rings. The zero-order valence-electron chi connectivity index (χ0n) is 9.48. The number of rotatable bonds is 5. The summed E-state index contributed by atoms with van der Waals surface area (Å²) in [4.78, 5) is 10.3. The molecular weight excluding hydrogens is 283 g/mol. The fourth-order valence-corrected chi connectivity index (χ4v) is 1.74. The van der Waals surface area contributed by atoms with Crippen LogP contribution in [-0.4, -0.2) is 42.4 Å². The minimum Gasteiger partial charge on any atom is -0.423 e. The molecule has 0 atom stereocenters. The number of halogens is 1. The predicted octanol–water partition coefficient (Wildman–Crippen LogP) is -0.421. The molecule has 1 rings (SSSR count). The van der Waals surface area contributed by atoms with Gasteiger partial charge < -0.3 is 14.9 Å². The molecule has 0 heterocycles. The molecule has 0 aromatic heterocycles. The summed E-state index contributed by atoms with van der Waals surface area (Å²) < 4.78 is 48.6. The highest BCUT2D eigenvalue weighted by Gasteiger charge is 2.24. The van der Waals surface area contributed by atoms with Crippen molar-refractivity contribution in [3.63, 3.8) is 0 Å². The normalized spacial score (nSPS) is 11.6. The van der Waals surface area contributed by atoms with Crippen molar-refractivity contribution >= 4 is 16.1 Å². The highest BCUT2D eigenvalue weighted by Crippen LogP contribution is 2.24. The van der Waals surface area contributed by atoms with Crippen molar-refractivity contribution in [2.45, 2.75) is 4.90 Å². The van der Waals surface area contributed by atoms with Gasteiger partial charge in [-0.3, -0.25) is 9.35 Å². The Morgan fingerprint density at radius 3 is 2.37 bits per heavy atom. The lowest BCUT2D eigenvalue weighted by molar-refractivity contribution is -0.141. The number of benzene rings is 1. The Labute approximate surface area is 108 Å². The average molecular weight is 294 g/mol. The highest BCUT2D eigenvalue weighted by atomic mass is 32.2. The Balaban J connectivity index is 3.07. The molecule has 0 radical (unpaired) electrons. The van der Waals surface area contributed by atoms with Gasteiger partial charge in [-0.2, -0.15) is 8.42 Å². The van der Waals surface area contributed by atoms with Crippen molar-refractivity contribution in [1.82, 2.24) is 0 Å². The van der Waals surface area contributed by atoms with E-state index in [2.05, 4.69) is 4.74 Å². The molecule has 0 amide bonds. The first kappa shape index (κ1) is 15.5. The molecule has 0 unspecified atom stereocenters. The van der Waals surface area contributed by atoms with Crippen molar-refractivity contribution in [3.05, 3.63) is 24.0 Å². The third-order valence-corrected chi connectivity index (χ3v) is 3.06. The molecule has 106 valence electrons. The van der Waals surface area contributed by atoms with Gasteiger partial charge in [-0.25, -0.2) is 4.39 Å². The first-order valence-corrected chi connectivity index (χ1v) is 6.44. The molecule has 3 N–H and O–H groups in total. The van der Waals surface area contributed by atoms with Crippen LogP contribution in [0.15, 0.2) is 23.1 Å². The number of esters is 1. The summed E-state index contributed by atoms with van der Waals surface area (Å²) in [7, 11) is -4.79. The second kappa shape index (κ2) is 6.06. The van der Waals surface area contributed by atoms with Crippen molar-refractivity contribution in [2.75, 3.05) is 13.2 Å². The number of carbonyl (C=O) groups is 1. The quantitative estimate of drug-likeness (QED) is 0.383. The third kappa shape index (κ3) is 3.70. The largest absolute Gasteiger partial charge is 0.423 e. The van der Waals surface area contributed by atoms with Gasteiger partial charge in [0.25, 0.3) is 10.1 Å². The summed E-state index contributed by atoms with van der Waals surface area (Å²) in [6, 6.07) is 2.81. The van der Waals surface area contributed by atoms with Gasteiger partial charge in [0.1, 0.15) is 10.8 Å². The Kier molecular flexibility index (Phi) is 4.95. The molecule has 0 saturated carbocycles. The first-order chi connectivity index (χ1) is 8.81. The van der Waals surface area contributed by atoms with Crippen LogP contribution in [-0.2, 0) is 14.9 Å². The molecule has 0 spiro atoms. The van der Waals surface area contributed by atoms with Gasteiger partial charge in [0.15, 0.2) is 11.6 Å². The fraction of sp³-hybridized carbons (Fsp3) is 0.300. The molecule has 1 aromatic carbocycles. The van der Waals surface area contributed by atoms with Crippen LogP contribution in [0.3, 0.4) is 0 Å². The zero-order valence-corrected chi connectivity index (χ0v) is 10.3. The van der Waals surface area contributed by atoms with Crippen LogP contribution >= 0.6 is 0 Å². The van der Waals surface area contributed by atoms with E-state index in [0.29, 0.717) is 0 Å². The molecule has 0 aliphatic carbocycles. The number of hydrogen-bond acceptors (Lipinski definition) is 6. The lowest BCUT2D eigenvalue weighted by Crippen LogP contribution is -2.27. The summed E-state index contributed by atoms with van der Waals surface area (Å²) in [5.41, 5.74) is 0. The van der Waals surface area contributed by atoms with Crippen LogP contribution in [0.1, 0.15) is 0 Å². The van der Waals surface area contributed by atoms with Gasteiger partial charge in [0.2, 0.25) is 0 Å². The molecule has 0 fully saturated rings. The Morgan fingerprint density at radius 2 is 1.89 bits per heavy atom. The van der Waals surface area contributed by atoms with Gasteiger partial charge in [-0.05, 0) is 12.1 Å². The standard InChI is InChI=1S/C10H11FO7S/c11-9-7(18-10(14)6(4-12)5-13)2-1-3-8(9)19(15,16)17/h1-3,6,12-13H,4-5H2,(H,15,16,17). The van der Waals surface area contributed by atoms with E-state index in [9.17, 15) is 17.6 Å². The van der Waals surface area contributed by atoms with Crippen LogP contribution in [0, 0.1) is 11.7 Å². The van der Waals surface area contributed by atoms with E-state index >= 15 is 0 Å². The lowest BCUT2D eigenvalue weighted by atomic mass is 10.2. The van der Waals surface area contributed by atoms with Crippen molar-refractivity contribution in [1.29, 1.82) is 0 Å². The van der Waals surface area contributed by atoms with Gasteiger partial charge >= 0.3 is 5.97 Å². The monoisotopic (exact) mass is 294 g/mol. The number of carbonyl (C=O) groups excluding carboxylic acids is 1. The summed E-state index contributed by atoms with van der Waals surface area (Å²) >= 11 is 0. The smallest absolute Gasteiger partial charge is 0.319 e. The molecule has 0 saturated heterocycles. The Bertz CT molecular complexity index is 565. The molecular formula is C10H11FO7S. The van der Waals surface area contributed by atoms with E-state index in [1.165, 1.54) is 0 Å². The second-order valence-electron chi connectivity index (χ2n) is 3.53. The van der Waals surface area contributed by atoms with Crippen LogP contribution in [0.2, 0.25) is 0 Å². The van der Waals surface area contributed by atoms with Crippen molar-refractivity contribution < 1.29 is 37.1 Å². The Morgan fingerprint density at radius 1 is 1.32 bits per heavy atom. The number of aliphatic hydroxyl groups excluding tert-OH is 2. The minimum atomic E-state index is -4.79. The average Bonchev–Trinajstić information content (AvgIpc) is 2.32. The highest BCUT2D eigenvalue weighted by molar-refractivity contribution is 7.85. The topological polar surface area (TPSA) is 121 Å². The van der Waals surface area contributed by atoms with E-state index in [0.717, 1.165) is 18.2 Å². The van der Waals surface area contributed by atoms with Gasteiger partial charge in [0, 0.05) is 0 Å². The molecule has 0 bridgehead atoms. The predicted molar refractivity (Wildman–Crippen MR) is 59.5 cm³/mol. The Hall–Kier alpha value is -1.55. The SMILES string of the molecule is O=C(Oc1cccc(S(=O)(=O)O)c1F)C(CO)CO. The fourth-order valence-electron chi connectivity index (χ4n) is 1.17. The van der Waals surface area contributed by atoms with Crippen LogP contribution in [0.25, 0.3) is 0 Å². The summed E-state index contributed by atoms with van der Waals surface area (Å²) in [5.74, 6) is -4.56. The molecule has 19 heavy (non-hydrogen) atoms. The van der Waals surface area contributed by atoms with E-state index in [1.54, 1.807) is 0 Å². The molecule has 0 aliphatic heterocycles. The first-order valence-electron chi connectivity index (χ1n) is 5.00. The van der Waals surface area contributed by atoms with E-state index in [4.69, 9.17) is 14.8 Å². The third-order valence-electron chi connectivity index (χ3n) is 2.19.